The van der Waals surface area contributed by atoms with Crippen LogP contribution in [0.4, 0.5) is 11.5 Å². The summed E-state index contributed by atoms with van der Waals surface area (Å²) in [6.45, 7) is 3.14. The van der Waals surface area contributed by atoms with Gasteiger partial charge in [0.25, 0.3) is 0 Å². The summed E-state index contributed by atoms with van der Waals surface area (Å²) in [5.41, 5.74) is 0.726. The number of carbonyl (C=O) groups excluding carboxylic acids is 2. The van der Waals surface area contributed by atoms with Crippen molar-refractivity contribution in [3.05, 3.63) is 18.3 Å². The molecule has 2 bridgehead atoms. The molecule has 3 fully saturated rings. The van der Waals surface area contributed by atoms with E-state index in [1.54, 1.807) is 6.20 Å². The molecular formula is C19H25N3O3. The fourth-order valence-electron chi connectivity index (χ4n) is 4.38. The summed E-state index contributed by atoms with van der Waals surface area (Å²) in [6, 6.07) is 3.85. The van der Waals surface area contributed by atoms with E-state index in [9.17, 15) is 9.59 Å². The van der Waals surface area contributed by atoms with Gasteiger partial charge in [0.2, 0.25) is 5.91 Å². The SMILES string of the molecule is O=C(Nc1ccc(N2CCOCC2)nc1)C1CC2CCCC(C1)C2=O. The van der Waals surface area contributed by atoms with Crippen LogP contribution < -0.4 is 10.2 Å². The van der Waals surface area contributed by atoms with E-state index in [4.69, 9.17) is 4.74 Å². The molecule has 1 aromatic heterocycles. The molecule has 1 aliphatic heterocycles. The van der Waals surface area contributed by atoms with Crippen molar-refractivity contribution in [3.63, 3.8) is 0 Å². The number of amides is 1. The number of pyridine rings is 1. The van der Waals surface area contributed by atoms with E-state index < -0.39 is 0 Å². The lowest BCUT2D eigenvalue weighted by Crippen LogP contribution is -2.40. The zero-order valence-electron chi connectivity index (χ0n) is 14.4. The molecule has 2 unspecified atom stereocenters. The average Bonchev–Trinajstić information content (AvgIpc) is 2.63. The van der Waals surface area contributed by atoms with Crippen LogP contribution in [0.15, 0.2) is 18.3 Å². The first-order valence-electron chi connectivity index (χ1n) is 9.34. The Hall–Kier alpha value is -1.95. The first-order chi connectivity index (χ1) is 12.2. The molecule has 6 nitrogen and oxygen atoms in total. The quantitative estimate of drug-likeness (QED) is 0.911. The Kier molecular flexibility index (Phi) is 4.70. The van der Waals surface area contributed by atoms with Gasteiger partial charge in [0.05, 0.1) is 25.1 Å². The molecule has 3 aliphatic rings. The normalized spacial score (nSPS) is 29.4. The molecule has 2 heterocycles. The highest BCUT2D eigenvalue weighted by Gasteiger charge is 2.41. The van der Waals surface area contributed by atoms with Crippen molar-refractivity contribution >= 4 is 23.2 Å². The average molecular weight is 343 g/mol. The summed E-state index contributed by atoms with van der Waals surface area (Å²) >= 11 is 0. The van der Waals surface area contributed by atoms with Crippen LogP contribution >= 0.6 is 0 Å². The Morgan fingerprint density at radius 1 is 1.16 bits per heavy atom. The second kappa shape index (κ2) is 7.12. The maximum absolute atomic E-state index is 12.6. The van der Waals surface area contributed by atoms with Crippen molar-refractivity contribution in [3.8, 4) is 0 Å². The molecule has 4 rings (SSSR count). The molecule has 2 aliphatic carbocycles. The molecule has 2 saturated carbocycles. The van der Waals surface area contributed by atoms with Gasteiger partial charge in [-0.05, 0) is 37.8 Å². The monoisotopic (exact) mass is 343 g/mol. The van der Waals surface area contributed by atoms with Crippen molar-refractivity contribution in [1.29, 1.82) is 0 Å². The lowest BCUT2D eigenvalue weighted by Gasteiger charge is -2.36. The van der Waals surface area contributed by atoms with Crippen LogP contribution in [0.3, 0.4) is 0 Å². The highest BCUT2D eigenvalue weighted by Crippen LogP contribution is 2.40. The number of hydrogen-bond acceptors (Lipinski definition) is 5. The van der Waals surface area contributed by atoms with Crippen molar-refractivity contribution in [2.24, 2.45) is 17.8 Å². The molecular weight excluding hydrogens is 318 g/mol. The molecule has 1 aromatic rings. The molecule has 0 spiro atoms. The largest absolute Gasteiger partial charge is 0.378 e. The summed E-state index contributed by atoms with van der Waals surface area (Å²) in [6.07, 6.45) is 6.17. The number of carbonyl (C=O) groups is 2. The molecule has 2 atom stereocenters. The Morgan fingerprint density at radius 3 is 2.52 bits per heavy atom. The van der Waals surface area contributed by atoms with Gasteiger partial charge in [0.15, 0.2) is 0 Å². The van der Waals surface area contributed by atoms with Gasteiger partial charge in [0, 0.05) is 30.8 Å². The number of nitrogens with one attached hydrogen (secondary N) is 1. The molecule has 1 amide bonds. The second-order valence-electron chi connectivity index (χ2n) is 7.39. The summed E-state index contributed by atoms with van der Waals surface area (Å²) in [5, 5.41) is 2.99. The van der Waals surface area contributed by atoms with Gasteiger partial charge < -0.3 is 15.0 Å². The summed E-state index contributed by atoms with van der Waals surface area (Å²) in [4.78, 5) is 31.4. The zero-order chi connectivity index (χ0) is 17.2. The van der Waals surface area contributed by atoms with Crippen LogP contribution in [0.1, 0.15) is 32.1 Å². The lowest BCUT2D eigenvalue weighted by atomic mass is 9.67. The molecule has 6 heteroatoms. The Labute approximate surface area is 147 Å². The third kappa shape index (κ3) is 3.54. The van der Waals surface area contributed by atoms with Crippen LogP contribution in [0.25, 0.3) is 0 Å². The minimum absolute atomic E-state index is 0.0327. The predicted octanol–water partition coefficient (Wildman–Crippen LogP) is 2.25. The van der Waals surface area contributed by atoms with Gasteiger partial charge >= 0.3 is 0 Å². The highest BCUT2D eigenvalue weighted by molar-refractivity contribution is 5.95. The number of ether oxygens (including phenoxy) is 1. The van der Waals surface area contributed by atoms with Gasteiger partial charge in [-0.2, -0.15) is 0 Å². The van der Waals surface area contributed by atoms with E-state index in [0.29, 0.717) is 18.6 Å². The number of hydrogen-bond donors (Lipinski definition) is 1. The van der Waals surface area contributed by atoms with Gasteiger partial charge in [-0.25, -0.2) is 4.98 Å². The smallest absolute Gasteiger partial charge is 0.227 e. The number of Topliss-reactive ketones (excluding diaryl/α,β-unsaturated/α-hetero) is 1. The maximum atomic E-state index is 12.6. The first kappa shape index (κ1) is 16.5. The summed E-state index contributed by atoms with van der Waals surface area (Å²) in [7, 11) is 0. The van der Waals surface area contributed by atoms with Gasteiger partial charge in [-0.1, -0.05) is 6.42 Å². The highest BCUT2D eigenvalue weighted by atomic mass is 16.5. The Morgan fingerprint density at radius 2 is 1.88 bits per heavy atom. The second-order valence-corrected chi connectivity index (χ2v) is 7.39. The fourth-order valence-corrected chi connectivity index (χ4v) is 4.38. The fraction of sp³-hybridized carbons (Fsp3) is 0.632. The molecule has 0 radical (unpaired) electrons. The van der Waals surface area contributed by atoms with Crippen molar-refractivity contribution in [2.45, 2.75) is 32.1 Å². The number of fused-ring (bicyclic) bond motifs is 2. The van der Waals surface area contributed by atoms with E-state index in [-0.39, 0.29) is 23.7 Å². The molecule has 134 valence electrons. The molecule has 1 saturated heterocycles. The van der Waals surface area contributed by atoms with Gasteiger partial charge in [-0.3, -0.25) is 9.59 Å². The van der Waals surface area contributed by atoms with E-state index in [1.807, 2.05) is 12.1 Å². The van der Waals surface area contributed by atoms with Crippen LogP contribution in [-0.4, -0.2) is 43.0 Å². The third-order valence-corrected chi connectivity index (χ3v) is 5.77. The van der Waals surface area contributed by atoms with Crippen molar-refractivity contribution < 1.29 is 14.3 Å². The van der Waals surface area contributed by atoms with Gasteiger partial charge in [0.1, 0.15) is 11.6 Å². The Balaban J connectivity index is 1.37. The van der Waals surface area contributed by atoms with E-state index in [0.717, 1.165) is 57.1 Å². The van der Waals surface area contributed by atoms with Crippen LogP contribution in [0.5, 0.6) is 0 Å². The van der Waals surface area contributed by atoms with Crippen molar-refractivity contribution in [1.82, 2.24) is 4.98 Å². The topological polar surface area (TPSA) is 71.5 Å². The van der Waals surface area contributed by atoms with Gasteiger partial charge in [-0.15, -0.1) is 0 Å². The summed E-state index contributed by atoms with van der Waals surface area (Å²) in [5.74, 6) is 1.50. The molecule has 0 aromatic carbocycles. The van der Waals surface area contributed by atoms with Crippen LogP contribution in [-0.2, 0) is 14.3 Å². The minimum atomic E-state index is -0.0491. The number of aromatic nitrogens is 1. The predicted molar refractivity (Wildman–Crippen MR) is 94.5 cm³/mol. The van der Waals surface area contributed by atoms with Crippen LogP contribution in [0.2, 0.25) is 0 Å². The minimum Gasteiger partial charge on any atom is -0.378 e. The first-order valence-corrected chi connectivity index (χ1v) is 9.34. The molecule has 25 heavy (non-hydrogen) atoms. The summed E-state index contributed by atoms with van der Waals surface area (Å²) < 4.78 is 5.35. The van der Waals surface area contributed by atoms with Crippen LogP contribution in [0, 0.1) is 17.8 Å². The van der Waals surface area contributed by atoms with E-state index in [1.165, 1.54) is 0 Å². The third-order valence-electron chi connectivity index (χ3n) is 5.77. The molecule has 1 N–H and O–H groups in total. The standard InChI is InChI=1S/C19H25N3O3/c23-18-13-2-1-3-14(18)11-15(10-13)19(24)21-16-4-5-17(20-12-16)22-6-8-25-9-7-22/h4-5,12-15H,1-3,6-11H2,(H,21,24). The lowest BCUT2D eigenvalue weighted by molar-refractivity contribution is -0.136. The van der Waals surface area contributed by atoms with E-state index in [2.05, 4.69) is 15.2 Å². The van der Waals surface area contributed by atoms with Crippen molar-refractivity contribution in [2.75, 3.05) is 36.5 Å². The zero-order valence-corrected chi connectivity index (χ0v) is 14.4. The number of rotatable bonds is 3. The Bertz CT molecular complexity index is 624. The van der Waals surface area contributed by atoms with E-state index >= 15 is 0 Å². The number of anilines is 2. The maximum Gasteiger partial charge on any atom is 0.227 e. The number of ketones is 1. The number of morpholine rings is 1. The number of nitrogens with zero attached hydrogens (tertiary/aromatic N) is 2.